The zero-order chi connectivity index (χ0) is 17.5. The summed E-state index contributed by atoms with van der Waals surface area (Å²) in [7, 11) is 0. The summed E-state index contributed by atoms with van der Waals surface area (Å²) in [4.78, 5) is 15.4. The molecule has 5 heteroatoms. The molecule has 4 atom stereocenters. The molecule has 3 saturated heterocycles. The number of hydrogen-bond donors (Lipinski definition) is 3. The van der Waals surface area contributed by atoms with Crippen molar-refractivity contribution in [1.29, 1.82) is 0 Å². The molecule has 0 aliphatic carbocycles. The van der Waals surface area contributed by atoms with E-state index in [1.165, 1.54) is 29.2 Å². The van der Waals surface area contributed by atoms with Crippen molar-refractivity contribution in [2.75, 3.05) is 19.6 Å². The molecule has 0 spiro atoms. The molecule has 2 aromatic rings. The maximum absolute atomic E-state index is 13.0. The Bertz CT molecular complexity index is 817. The summed E-state index contributed by atoms with van der Waals surface area (Å²) < 4.78 is 0. The van der Waals surface area contributed by atoms with Crippen LogP contribution in [0.4, 0.5) is 0 Å². The van der Waals surface area contributed by atoms with E-state index in [9.17, 15) is 4.79 Å². The second kappa shape index (κ2) is 6.65. The topological polar surface area (TPSA) is 56.4 Å². The molecular formula is C21H26N4O. The maximum Gasteiger partial charge on any atom is 0.228 e. The van der Waals surface area contributed by atoms with Crippen LogP contribution >= 0.6 is 0 Å². The molecular weight excluding hydrogens is 324 g/mol. The van der Waals surface area contributed by atoms with Gasteiger partial charge in [0.1, 0.15) is 6.29 Å². The first-order valence-corrected chi connectivity index (χ1v) is 9.82. The van der Waals surface area contributed by atoms with Crippen molar-refractivity contribution in [2.24, 2.45) is 5.92 Å². The zero-order valence-corrected chi connectivity index (χ0v) is 14.9. The first kappa shape index (κ1) is 16.2. The number of nitrogens with one attached hydrogen (secondary N) is 3. The fourth-order valence-corrected chi connectivity index (χ4v) is 4.88. The van der Waals surface area contributed by atoms with Crippen molar-refractivity contribution in [3.05, 3.63) is 48.0 Å². The Balaban J connectivity index is 1.42. The molecule has 0 bridgehead atoms. The van der Waals surface area contributed by atoms with E-state index in [1.54, 1.807) is 0 Å². The molecule has 0 saturated carbocycles. The third-order valence-electron chi connectivity index (χ3n) is 6.24. The van der Waals surface area contributed by atoms with Crippen molar-refractivity contribution in [1.82, 2.24) is 20.9 Å². The van der Waals surface area contributed by atoms with Crippen molar-refractivity contribution < 1.29 is 4.79 Å². The van der Waals surface area contributed by atoms with Gasteiger partial charge >= 0.3 is 0 Å². The lowest BCUT2D eigenvalue weighted by Crippen LogP contribution is -2.72. The monoisotopic (exact) mass is 350 g/mol. The van der Waals surface area contributed by atoms with Gasteiger partial charge in [-0.25, -0.2) is 0 Å². The van der Waals surface area contributed by atoms with Crippen LogP contribution in [0, 0.1) is 5.92 Å². The summed E-state index contributed by atoms with van der Waals surface area (Å²) in [6.07, 6.45) is 3.43. The summed E-state index contributed by atoms with van der Waals surface area (Å²) in [6, 6.07) is 15.1. The molecule has 3 N–H and O–H groups in total. The largest absolute Gasteiger partial charge is 0.328 e. The SMILES string of the molecule is O=C1NC(N2CCCC2)NC2NCCC(c3ccc4ccccc4c3)C12. The van der Waals surface area contributed by atoms with E-state index >= 15 is 0 Å². The van der Waals surface area contributed by atoms with Crippen molar-refractivity contribution in [2.45, 2.75) is 37.6 Å². The van der Waals surface area contributed by atoms with Crippen LogP contribution in [-0.2, 0) is 4.79 Å². The van der Waals surface area contributed by atoms with Crippen LogP contribution in [0.25, 0.3) is 10.8 Å². The Morgan fingerprint density at radius 1 is 1.00 bits per heavy atom. The smallest absolute Gasteiger partial charge is 0.228 e. The predicted molar refractivity (Wildman–Crippen MR) is 102 cm³/mol. The highest BCUT2D eigenvalue weighted by atomic mass is 16.2. The summed E-state index contributed by atoms with van der Waals surface area (Å²) in [5, 5.41) is 12.9. The molecule has 3 aliphatic heterocycles. The Hall–Kier alpha value is -1.95. The number of likely N-dealkylation sites (tertiary alicyclic amines) is 1. The zero-order valence-electron chi connectivity index (χ0n) is 14.9. The molecule has 5 rings (SSSR count). The number of hydrogen-bond acceptors (Lipinski definition) is 4. The molecule has 3 heterocycles. The molecule has 2 aromatic carbocycles. The van der Waals surface area contributed by atoms with Gasteiger partial charge in [-0.2, -0.15) is 0 Å². The van der Waals surface area contributed by atoms with Gasteiger partial charge in [0.05, 0.1) is 12.1 Å². The number of piperidine rings is 1. The molecule has 3 aliphatic rings. The minimum absolute atomic E-state index is 0.0332. The van der Waals surface area contributed by atoms with Gasteiger partial charge in [-0.05, 0) is 48.1 Å². The van der Waals surface area contributed by atoms with Crippen LogP contribution in [0.1, 0.15) is 30.7 Å². The Morgan fingerprint density at radius 2 is 1.81 bits per heavy atom. The minimum atomic E-state index is -0.0660. The summed E-state index contributed by atoms with van der Waals surface area (Å²) in [5.41, 5.74) is 1.27. The van der Waals surface area contributed by atoms with E-state index in [4.69, 9.17) is 0 Å². The van der Waals surface area contributed by atoms with Gasteiger partial charge < -0.3 is 10.6 Å². The standard InChI is InChI=1S/C21H26N4O/c26-20-18-17(16-8-7-14-5-1-2-6-15(14)13-16)9-10-22-19(18)23-21(24-20)25-11-3-4-12-25/h1-2,5-8,13,17-19,21-23H,3-4,9-12H2,(H,24,26). The fraction of sp³-hybridized carbons (Fsp3) is 0.476. The lowest BCUT2D eigenvalue weighted by atomic mass is 9.77. The number of carbonyl (C=O) groups excluding carboxylic acids is 1. The number of benzene rings is 2. The van der Waals surface area contributed by atoms with Crippen LogP contribution < -0.4 is 16.0 Å². The van der Waals surface area contributed by atoms with E-state index in [1.807, 2.05) is 0 Å². The van der Waals surface area contributed by atoms with E-state index in [2.05, 4.69) is 63.3 Å². The summed E-state index contributed by atoms with van der Waals surface area (Å²) in [5.74, 6) is 0.359. The van der Waals surface area contributed by atoms with Crippen LogP contribution in [0.15, 0.2) is 42.5 Å². The number of rotatable bonds is 2. The Morgan fingerprint density at radius 3 is 2.65 bits per heavy atom. The highest BCUT2D eigenvalue weighted by Crippen LogP contribution is 2.36. The van der Waals surface area contributed by atoms with Gasteiger partial charge in [0.2, 0.25) is 5.91 Å². The minimum Gasteiger partial charge on any atom is -0.328 e. The Kier molecular flexibility index (Phi) is 4.15. The van der Waals surface area contributed by atoms with E-state index < -0.39 is 0 Å². The van der Waals surface area contributed by atoms with Crippen LogP contribution in [-0.4, -0.2) is 42.9 Å². The molecule has 4 unspecified atom stereocenters. The molecule has 26 heavy (non-hydrogen) atoms. The van der Waals surface area contributed by atoms with E-state index in [0.29, 0.717) is 0 Å². The quantitative estimate of drug-likeness (QED) is 0.775. The van der Waals surface area contributed by atoms with Crippen LogP contribution in [0.3, 0.4) is 0 Å². The average Bonchev–Trinajstić information content (AvgIpc) is 3.22. The third kappa shape index (κ3) is 2.80. The van der Waals surface area contributed by atoms with E-state index in [0.717, 1.165) is 26.1 Å². The van der Waals surface area contributed by atoms with Gasteiger partial charge in [-0.15, -0.1) is 0 Å². The lowest BCUT2D eigenvalue weighted by molar-refractivity contribution is -0.135. The van der Waals surface area contributed by atoms with Gasteiger partial charge in [0.25, 0.3) is 0 Å². The van der Waals surface area contributed by atoms with Gasteiger partial charge in [-0.3, -0.25) is 15.0 Å². The maximum atomic E-state index is 13.0. The van der Waals surface area contributed by atoms with Crippen molar-refractivity contribution in [3.8, 4) is 0 Å². The van der Waals surface area contributed by atoms with Gasteiger partial charge in [0, 0.05) is 13.1 Å². The molecule has 0 aromatic heterocycles. The fourth-order valence-electron chi connectivity index (χ4n) is 4.88. The average molecular weight is 350 g/mol. The van der Waals surface area contributed by atoms with Crippen LogP contribution in [0.5, 0.6) is 0 Å². The number of amides is 1. The summed E-state index contributed by atoms with van der Waals surface area (Å²) >= 11 is 0. The third-order valence-corrected chi connectivity index (χ3v) is 6.24. The number of fused-ring (bicyclic) bond motifs is 2. The van der Waals surface area contributed by atoms with Gasteiger partial charge in [-0.1, -0.05) is 42.5 Å². The van der Waals surface area contributed by atoms with Crippen molar-refractivity contribution in [3.63, 3.8) is 0 Å². The first-order chi connectivity index (χ1) is 12.8. The molecule has 3 fully saturated rings. The second-order valence-electron chi connectivity index (χ2n) is 7.78. The Labute approximate surface area is 154 Å². The highest BCUT2D eigenvalue weighted by Gasteiger charge is 2.45. The van der Waals surface area contributed by atoms with Crippen molar-refractivity contribution >= 4 is 16.7 Å². The molecule has 1 amide bonds. The first-order valence-electron chi connectivity index (χ1n) is 9.82. The van der Waals surface area contributed by atoms with E-state index in [-0.39, 0.29) is 30.2 Å². The number of nitrogens with zero attached hydrogens (tertiary/aromatic N) is 1. The number of carbonyl (C=O) groups is 1. The molecule has 0 radical (unpaired) electrons. The summed E-state index contributed by atoms with van der Waals surface area (Å²) in [6.45, 7) is 3.05. The molecule has 136 valence electrons. The van der Waals surface area contributed by atoms with Gasteiger partial charge in [0.15, 0.2) is 0 Å². The molecule has 5 nitrogen and oxygen atoms in total. The predicted octanol–water partition coefficient (Wildman–Crippen LogP) is 1.96. The highest BCUT2D eigenvalue weighted by molar-refractivity contribution is 5.84. The van der Waals surface area contributed by atoms with Crippen LogP contribution in [0.2, 0.25) is 0 Å². The lowest BCUT2D eigenvalue weighted by Gasteiger charge is -2.46. The second-order valence-corrected chi connectivity index (χ2v) is 7.78. The normalized spacial score (nSPS) is 32.4.